The Balaban J connectivity index is 2.61. The molecule has 0 saturated heterocycles. The van der Waals surface area contributed by atoms with Gasteiger partial charge in [-0.15, -0.1) is 0 Å². The van der Waals surface area contributed by atoms with Crippen LogP contribution in [0.5, 0.6) is 0 Å². The van der Waals surface area contributed by atoms with Gasteiger partial charge in [0.25, 0.3) is 0 Å². The van der Waals surface area contributed by atoms with Crippen LogP contribution in [0.25, 0.3) is 0 Å². The number of anilines is 1. The Kier molecular flexibility index (Phi) is 2.68. The molecule has 16 heavy (non-hydrogen) atoms. The van der Waals surface area contributed by atoms with E-state index in [1.54, 1.807) is 6.92 Å². The quantitative estimate of drug-likeness (QED) is 0.708. The van der Waals surface area contributed by atoms with Crippen LogP contribution in [0.15, 0.2) is 6.07 Å². The van der Waals surface area contributed by atoms with E-state index in [4.69, 9.17) is 10.8 Å². The van der Waals surface area contributed by atoms with Crippen molar-refractivity contribution in [1.82, 2.24) is 0 Å². The van der Waals surface area contributed by atoms with Gasteiger partial charge in [-0.3, -0.25) is 4.79 Å². The second kappa shape index (κ2) is 3.87. The molecule has 0 spiro atoms. The number of Topliss-reactive ketones (excluding diaryl/α,β-unsaturated/α-hetero) is 1. The molecule has 0 fully saturated rings. The summed E-state index contributed by atoms with van der Waals surface area (Å²) in [5.41, 5.74) is 7.46. The molecule has 1 unspecified atom stereocenters. The lowest BCUT2D eigenvalue weighted by atomic mass is 9.80. The van der Waals surface area contributed by atoms with Gasteiger partial charge in [0.05, 0.1) is 6.61 Å². The highest BCUT2D eigenvalue weighted by molar-refractivity contribution is 6.05. The fraction of sp³-hybridized carbons (Fsp3) is 0.417. The third kappa shape index (κ3) is 1.50. The first-order chi connectivity index (χ1) is 7.56. The predicted molar refractivity (Wildman–Crippen MR) is 58.8 cm³/mol. The van der Waals surface area contributed by atoms with Crippen LogP contribution in [0.4, 0.5) is 10.1 Å². The summed E-state index contributed by atoms with van der Waals surface area (Å²) in [6, 6.07) is 1.19. The number of fused-ring (bicyclic) bond motifs is 1. The molecule has 1 aromatic carbocycles. The highest BCUT2D eigenvalue weighted by atomic mass is 19.1. The van der Waals surface area contributed by atoms with E-state index in [1.807, 2.05) is 0 Å². The van der Waals surface area contributed by atoms with Gasteiger partial charge in [0, 0.05) is 17.2 Å². The number of hydrogen-bond acceptors (Lipinski definition) is 3. The Morgan fingerprint density at radius 2 is 2.31 bits per heavy atom. The summed E-state index contributed by atoms with van der Waals surface area (Å²) >= 11 is 0. The van der Waals surface area contributed by atoms with Gasteiger partial charge in [0.2, 0.25) is 0 Å². The van der Waals surface area contributed by atoms with Crippen LogP contribution in [0.1, 0.15) is 27.9 Å². The average molecular weight is 223 g/mol. The lowest BCUT2D eigenvalue weighted by molar-refractivity contribution is 0.0838. The SMILES string of the molecule is Cc1c(F)cc(N)c2c1CCC(CO)C2=O. The fourth-order valence-electron chi connectivity index (χ4n) is 2.25. The predicted octanol–water partition coefficient (Wildman–Crippen LogP) is 1.45. The normalized spacial score (nSPS) is 19.7. The Bertz CT molecular complexity index is 457. The second-order valence-corrected chi connectivity index (χ2v) is 4.21. The molecule has 3 nitrogen and oxygen atoms in total. The molecule has 1 aromatic rings. The summed E-state index contributed by atoms with van der Waals surface area (Å²) < 4.78 is 13.4. The molecule has 0 heterocycles. The molecule has 1 aliphatic rings. The van der Waals surface area contributed by atoms with Gasteiger partial charge in [0.1, 0.15) is 5.82 Å². The van der Waals surface area contributed by atoms with E-state index < -0.39 is 0 Å². The molecular weight excluding hydrogens is 209 g/mol. The second-order valence-electron chi connectivity index (χ2n) is 4.21. The summed E-state index contributed by atoms with van der Waals surface area (Å²) in [5, 5.41) is 9.07. The van der Waals surface area contributed by atoms with Crippen LogP contribution in [-0.2, 0) is 6.42 Å². The molecule has 0 amide bonds. The number of aliphatic hydroxyl groups is 1. The summed E-state index contributed by atoms with van der Waals surface area (Å²) in [6.45, 7) is 1.48. The monoisotopic (exact) mass is 223 g/mol. The topological polar surface area (TPSA) is 63.3 Å². The smallest absolute Gasteiger partial charge is 0.170 e. The molecule has 4 heteroatoms. The number of nitrogen functional groups attached to an aromatic ring is 1. The number of nitrogens with two attached hydrogens (primary N) is 1. The van der Waals surface area contributed by atoms with Crippen LogP contribution in [-0.4, -0.2) is 17.5 Å². The van der Waals surface area contributed by atoms with E-state index in [9.17, 15) is 9.18 Å². The molecule has 0 saturated carbocycles. The van der Waals surface area contributed by atoms with Crippen molar-refractivity contribution in [3.8, 4) is 0 Å². The van der Waals surface area contributed by atoms with E-state index in [0.717, 1.165) is 0 Å². The van der Waals surface area contributed by atoms with Gasteiger partial charge in [-0.1, -0.05) is 0 Å². The highest BCUT2D eigenvalue weighted by Crippen LogP contribution is 2.33. The molecule has 0 bridgehead atoms. The summed E-state index contributed by atoms with van der Waals surface area (Å²) in [7, 11) is 0. The molecule has 1 aliphatic carbocycles. The van der Waals surface area contributed by atoms with Gasteiger partial charge >= 0.3 is 0 Å². The third-order valence-electron chi connectivity index (χ3n) is 3.26. The van der Waals surface area contributed by atoms with E-state index in [1.165, 1.54) is 6.07 Å². The van der Waals surface area contributed by atoms with Gasteiger partial charge < -0.3 is 10.8 Å². The molecule has 2 rings (SSSR count). The molecule has 1 atom stereocenters. The lowest BCUT2D eigenvalue weighted by Gasteiger charge is -2.24. The molecule has 0 radical (unpaired) electrons. The Labute approximate surface area is 93.1 Å². The number of carbonyl (C=O) groups excluding carboxylic acids is 1. The largest absolute Gasteiger partial charge is 0.398 e. The minimum absolute atomic E-state index is 0.163. The van der Waals surface area contributed by atoms with Crippen molar-refractivity contribution < 1.29 is 14.3 Å². The van der Waals surface area contributed by atoms with Crippen LogP contribution >= 0.6 is 0 Å². The van der Waals surface area contributed by atoms with Crippen molar-refractivity contribution in [2.24, 2.45) is 5.92 Å². The maximum atomic E-state index is 13.4. The standard InChI is InChI=1S/C12H14FNO2/c1-6-8-3-2-7(5-15)12(16)11(8)10(14)4-9(6)13/h4,7,15H,2-3,5,14H2,1H3. The van der Waals surface area contributed by atoms with Crippen molar-refractivity contribution in [1.29, 1.82) is 0 Å². The van der Waals surface area contributed by atoms with Crippen molar-refractivity contribution in [2.75, 3.05) is 12.3 Å². The molecule has 86 valence electrons. The molecule has 0 aromatic heterocycles. The minimum Gasteiger partial charge on any atom is -0.398 e. The molecule has 0 aliphatic heterocycles. The van der Waals surface area contributed by atoms with Crippen LogP contribution in [0, 0.1) is 18.7 Å². The minimum atomic E-state index is -0.389. The maximum Gasteiger partial charge on any atom is 0.170 e. The Hall–Kier alpha value is -1.42. The number of carbonyl (C=O) groups is 1. The average Bonchev–Trinajstić information content (AvgIpc) is 2.25. The number of benzene rings is 1. The van der Waals surface area contributed by atoms with Crippen molar-refractivity contribution in [3.05, 3.63) is 28.6 Å². The summed E-state index contributed by atoms with van der Waals surface area (Å²) in [5.74, 6) is -0.921. The van der Waals surface area contributed by atoms with Crippen LogP contribution < -0.4 is 5.73 Å². The van der Waals surface area contributed by atoms with Gasteiger partial charge in [-0.2, -0.15) is 0 Å². The van der Waals surface area contributed by atoms with E-state index in [-0.39, 0.29) is 29.8 Å². The zero-order valence-electron chi connectivity index (χ0n) is 9.09. The summed E-state index contributed by atoms with van der Waals surface area (Å²) in [6.07, 6.45) is 1.16. The zero-order chi connectivity index (χ0) is 11.9. The zero-order valence-corrected chi connectivity index (χ0v) is 9.09. The Morgan fingerprint density at radius 1 is 1.62 bits per heavy atom. The number of aliphatic hydroxyl groups excluding tert-OH is 1. The van der Waals surface area contributed by atoms with E-state index in [0.29, 0.717) is 29.5 Å². The van der Waals surface area contributed by atoms with Crippen molar-refractivity contribution >= 4 is 11.5 Å². The van der Waals surface area contributed by atoms with Crippen LogP contribution in [0.3, 0.4) is 0 Å². The first-order valence-corrected chi connectivity index (χ1v) is 5.28. The van der Waals surface area contributed by atoms with Gasteiger partial charge in [-0.25, -0.2) is 4.39 Å². The number of halogens is 1. The van der Waals surface area contributed by atoms with Crippen LogP contribution in [0.2, 0.25) is 0 Å². The van der Waals surface area contributed by atoms with E-state index in [2.05, 4.69) is 0 Å². The number of hydrogen-bond donors (Lipinski definition) is 2. The highest BCUT2D eigenvalue weighted by Gasteiger charge is 2.30. The summed E-state index contributed by atoms with van der Waals surface area (Å²) in [4.78, 5) is 12.0. The van der Waals surface area contributed by atoms with Crippen molar-refractivity contribution in [2.45, 2.75) is 19.8 Å². The first kappa shape index (κ1) is 11.1. The van der Waals surface area contributed by atoms with E-state index >= 15 is 0 Å². The van der Waals surface area contributed by atoms with Gasteiger partial charge in [0.15, 0.2) is 5.78 Å². The first-order valence-electron chi connectivity index (χ1n) is 5.28. The van der Waals surface area contributed by atoms with Gasteiger partial charge in [-0.05, 0) is 37.0 Å². The Morgan fingerprint density at radius 3 is 2.94 bits per heavy atom. The fourth-order valence-corrected chi connectivity index (χ4v) is 2.25. The van der Waals surface area contributed by atoms with Crippen molar-refractivity contribution in [3.63, 3.8) is 0 Å². The third-order valence-corrected chi connectivity index (χ3v) is 3.26. The number of rotatable bonds is 1. The lowest BCUT2D eigenvalue weighted by Crippen LogP contribution is -2.27. The molecule has 3 N–H and O–H groups in total. The maximum absolute atomic E-state index is 13.4. The molecular formula is C12H14FNO2. The number of ketones is 1.